The average molecular weight is 397 g/mol. The van der Waals surface area contributed by atoms with E-state index >= 15 is 0 Å². The quantitative estimate of drug-likeness (QED) is 0.704. The molecular formula is C16H11BrClNO2S. The molecule has 3 nitrogen and oxygen atoms in total. The molecule has 1 fully saturated rings. The lowest BCUT2D eigenvalue weighted by molar-refractivity contribution is -0.125. The highest BCUT2D eigenvalue weighted by atomic mass is 79.9. The van der Waals surface area contributed by atoms with Gasteiger partial charge in [0.25, 0.3) is 5.91 Å². The van der Waals surface area contributed by atoms with Crippen LogP contribution in [-0.4, -0.2) is 17.6 Å². The predicted octanol–water partition coefficient (Wildman–Crippen LogP) is 4.45. The number of benzene rings is 2. The first kappa shape index (κ1) is 15.6. The van der Waals surface area contributed by atoms with Crippen LogP contribution in [0.15, 0.2) is 53.0 Å². The van der Waals surface area contributed by atoms with Gasteiger partial charge >= 0.3 is 0 Å². The zero-order chi connectivity index (χ0) is 15.7. The van der Waals surface area contributed by atoms with Crippen LogP contribution in [0.2, 0.25) is 5.02 Å². The zero-order valence-electron chi connectivity index (χ0n) is 11.3. The van der Waals surface area contributed by atoms with Gasteiger partial charge in [-0.25, -0.2) is 4.90 Å². The molecule has 0 N–H and O–H groups in total. The van der Waals surface area contributed by atoms with Gasteiger partial charge in [-0.1, -0.05) is 39.7 Å². The molecule has 2 amide bonds. The Hall–Kier alpha value is -1.30. The Morgan fingerprint density at radius 1 is 1.05 bits per heavy atom. The number of halogens is 2. The number of carbonyl (C=O) groups excluding carboxylic acids is 2. The molecule has 0 saturated carbocycles. The summed E-state index contributed by atoms with van der Waals surface area (Å²) in [5.74, 6) is -0.136. The van der Waals surface area contributed by atoms with E-state index in [4.69, 9.17) is 11.6 Å². The molecule has 22 heavy (non-hydrogen) atoms. The standard InChI is InChI=1S/C16H11BrClNO2S/c17-11-3-7-13(8-4-11)19-14(20)9-22-15(16(19)21)10-1-5-12(18)6-2-10/h1-8,15H,9H2/t15-/m0/s1. The highest BCUT2D eigenvalue weighted by Gasteiger charge is 2.36. The molecule has 112 valence electrons. The number of nitrogens with zero attached hydrogens (tertiary/aromatic N) is 1. The fraction of sp³-hybridized carbons (Fsp3) is 0.125. The Morgan fingerprint density at radius 3 is 2.32 bits per heavy atom. The third-order valence-electron chi connectivity index (χ3n) is 3.33. The highest BCUT2D eigenvalue weighted by molar-refractivity contribution is 9.10. The summed E-state index contributed by atoms with van der Waals surface area (Å²) in [6.07, 6.45) is 0. The maximum atomic E-state index is 12.7. The lowest BCUT2D eigenvalue weighted by Gasteiger charge is -2.30. The minimum absolute atomic E-state index is 0.192. The highest BCUT2D eigenvalue weighted by Crippen LogP contribution is 2.37. The summed E-state index contributed by atoms with van der Waals surface area (Å²) in [5.41, 5.74) is 1.45. The molecule has 1 heterocycles. The molecule has 0 aliphatic carbocycles. The molecule has 0 radical (unpaired) electrons. The molecular weight excluding hydrogens is 386 g/mol. The number of hydrogen-bond acceptors (Lipinski definition) is 3. The molecule has 1 aliphatic rings. The van der Waals surface area contributed by atoms with Crippen molar-refractivity contribution >= 4 is 56.8 Å². The Morgan fingerprint density at radius 2 is 1.68 bits per heavy atom. The summed E-state index contributed by atoms with van der Waals surface area (Å²) in [6.45, 7) is 0. The van der Waals surface area contributed by atoms with Crippen molar-refractivity contribution in [1.82, 2.24) is 0 Å². The van der Waals surface area contributed by atoms with Crippen molar-refractivity contribution in [2.45, 2.75) is 5.25 Å². The normalized spacial score (nSPS) is 18.6. The second-order valence-corrected chi connectivity index (χ2v) is 7.23. The smallest absolute Gasteiger partial charge is 0.251 e. The van der Waals surface area contributed by atoms with Gasteiger partial charge < -0.3 is 0 Å². The summed E-state index contributed by atoms with van der Waals surface area (Å²) in [4.78, 5) is 26.2. The van der Waals surface area contributed by atoms with E-state index in [1.165, 1.54) is 16.7 Å². The topological polar surface area (TPSA) is 37.4 Å². The number of amides is 2. The van der Waals surface area contributed by atoms with E-state index in [0.29, 0.717) is 10.7 Å². The summed E-state index contributed by atoms with van der Waals surface area (Å²) in [5, 5.41) is 0.233. The monoisotopic (exact) mass is 395 g/mol. The number of rotatable bonds is 2. The van der Waals surface area contributed by atoms with Crippen LogP contribution in [0, 0.1) is 0 Å². The van der Waals surface area contributed by atoms with Gasteiger partial charge in [0.05, 0.1) is 11.4 Å². The first-order valence-corrected chi connectivity index (χ1v) is 8.77. The minimum Gasteiger partial charge on any atom is -0.273 e. The maximum Gasteiger partial charge on any atom is 0.251 e. The lowest BCUT2D eigenvalue weighted by Crippen LogP contribution is -2.44. The van der Waals surface area contributed by atoms with Gasteiger partial charge in [-0.2, -0.15) is 0 Å². The predicted molar refractivity (Wildman–Crippen MR) is 93.3 cm³/mol. The fourth-order valence-electron chi connectivity index (χ4n) is 2.27. The van der Waals surface area contributed by atoms with Crippen LogP contribution in [-0.2, 0) is 9.59 Å². The number of anilines is 1. The van der Waals surface area contributed by atoms with E-state index in [2.05, 4.69) is 15.9 Å². The summed E-state index contributed by atoms with van der Waals surface area (Å²) in [6, 6.07) is 14.3. The van der Waals surface area contributed by atoms with E-state index in [1.54, 1.807) is 24.3 Å². The number of thioether (sulfide) groups is 1. The van der Waals surface area contributed by atoms with E-state index in [0.717, 1.165) is 10.0 Å². The number of carbonyl (C=O) groups is 2. The Balaban J connectivity index is 1.93. The summed E-state index contributed by atoms with van der Waals surface area (Å²) < 4.78 is 0.900. The van der Waals surface area contributed by atoms with Gasteiger partial charge in [-0.05, 0) is 42.0 Å². The van der Waals surface area contributed by atoms with Gasteiger partial charge in [0, 0.05) is 9.50 Å². The first-order chi connectivity index (χ1) is 10.6. The van der Waals surface area contributed by atoms with Crippen LogP contribution in [0.4, 0.5) is 5.69 Å². The van der Waals surface area contributed by atoms with E-state index in [-0.39, 0.29) is 17.6 Å². The van der Waals surface area contributed by atoms with Gasteiger partial charge in [0.1, 0.15) is 5.25 Å². The van der Waals surface area contributed by atoms with Crippen molar-refractivity contribution in [3.8, 4) is 0 Å². The second kappa shape index (κ2) is 6.44. The van der Waals surface area contributed by atoms with E-state index in [1.807, 2.05) is 24.3 Å². The van der Waals surface area contributed by atoms with Crippen LogP contribution in [0.5, 0.6) is 0 Å². The maximum absolute atomic E-state index is 12.7. The van der Waals surface area contributed by atoms with Crippen molar-refractivity contribution in [3.05, 3.63) is 63.6 Å². The molecule has 2 aromatic rings. The largest absolute Gasteiger partial charge is 0.273 e. The Bertz CT molecular complexity index is 718. The van der Waals surface area contributed by atoms with Crippen molar-refractivity contribution in [2.75, 3.05) is 10.7 Å². The van der Waals surface area contributed by atoms with Crippen molar-refractivity contribution < 1.29 is 9.59 Å². The molecule has 0 unspecified atom stereocenters. The van der Waals surface area contributed by atoms with Crippen LogP contribution < -0.4 is 4.90 Å². The van der Waals surface area contributed by atoms with Crippen LogP contribution in [0.25, 0.3) is 0 Å². The summed E-state index contributed by atoms with van der Waals surface area (Å²) >= 11 is 10.6. The molecule has 1 aliphatic heterocycles. The zero-order valence-corrected chi connectivity index (χ0v) is 14.5. The fourth-order valence-corrected chi connectivity index (χ4v) is 3.69. The number of hydrogen-bond donors (Lipinski definition) is 0. The molecule has 6 heteroatoms. The molecule has 1 saturated heterocycles. The minimum atomic E-state index is -0.390. The Kier molecular flexibility index (Phi) is 4.57. The summed E-state index contributed by atoms with van der Waals surface area (Å²) in [7, 11) is 0. The number of imide groups is 1. The molecule has 3 rings (SSSR count). The van der Waals surface area contributed by atoms with E-state index in [9.17, 15) is 9.59 Å². The van der Waals surface area contributed by atoms with Crippen molar-refractivity contribution in [3.63, 3.8) is 0 Å². The molecule has 1 atom stereocenters. The first-order valence-electron chi connectivity index (χ1n) is 6.56. The average Bonchev–Trinajstić information content (AvgIpc) is 2.51. The van der Waals surface area contributed by atoms with Gasteiger partial charge in [-0.3, -0.25) is 9.59 Å². The molecule has 0 aromatic heterocycles. The second-order valence-electron chi connectivity index (χ2n) is 4.79. The third-order valence-corrected chi connectivity index (χ3v) is 5.33. The SMILES string of the molecule is O=C1CS[C@@H](c2ccc(Cl)cc2)C(=O)N1c1ccc(Br)cc1. The lowest BCUT2D eigenvalue weighted by atomic mass is 10.1. The van der Waals surface area contributed by atoms with Crippen molar-refractivity contribution in [2.24, 2.45) is 0 Å². The Labute approximate surface area is 145 Å². The molecule has 0 spiro atoms. The van der Waals surface area contributed by atoms with Gasteiger partial charge in [0.15, 0.2) is 0 Å². The van der Waals surface area contributed by atoms with Crippen LogP contribution in [0.1, 0.15) is 10.8 Å². The van der Waals surface area contributed by atoms with Gasteiger partial charge in [0.2, 0.25) is 5.91 Å². The van der Waals surface area contributed by atoms with Crippen LogP contribution >= 0.6 is 39.3 Å². The third kappa shape index (κ3) is 3.07. The molecule has 2 aromatic carbocycles. The van der Waals surface area contributed by atoms with Crippen molar-refractivity contribution in [1.29, 1.82) is 0 Å². The van der Waals surface area contributed by atoms with Crippen LogP contribution in [0.3, 0.4) is 0 Å². The molecule has 0 bridgehead atoms. The van der Waals surface area contributed by atoms with E-state index < -0.39 is 5.25 Å². The van der Waals surface area contributed by atoms with Gasteiger partial charge in [-0.15, -0.1) is 11.8 Å².